The number of anilines is 1. The van der Waals surface area contributed by atoms with E-state index >= 15 is 0 Å². The van der Waals surface area contributed by atoms with Crippen LogP contribution in [0.1, 0.15) is 23.7 Å². The normalized spacial score (nSPS) is 20.6. The van der Waals surface area contributed by atoms with Crippen molar-refractivity contribution in [2.24, 2.45) is 5.92 Å². The van der Waals surface area contributed by atoms with Crippen LogP contribution in [0.2, 0.25) is 0 Å². The first-order valence-corrected chi connectivity index (χ1v) is 5.32. The highest BCUT2D eigenvalue weighted by Gasteiger charge is 2.24. The van der Waals surface area contributed by atoms with Crippen LogP contribution >= 0.6 is 0 Å². The second-order valence-electron chi connectivity index (χ2n) is 4.23. The Morgan fingerprint density at radius 3 is 2.80 bits per heavy atom. The Morgan fingerprint density at radius 1 is 1.47 bits per heavy atom. The average Bonchev–Trinajstić information content (AvgIpc) is 2.65. The van der Waals surface area contributed by atoms with Crippen molar-refractivity contribution in [2.45, 2.75) is 13.3 Å². The number of carbonyl (C=O) groups is 1. The van der Waals surface area contributed by atoms with Crippen molar-refractivity contribution in [1.29, 1.82) is 0 Å². The third-order valence-electron chi connectivity index (χ3n) is 2.90. The number of hydrogen-bond donors (Lipinski definition) is 1. The minimum atomic E-state index is 0.0671. The molecule has 1 heterocycles. The van der Waals surface area contributed by atoms with Gasteiger partial charge in [-0.3, -0.25) is 4.79 Å². The highest BCUT2D eigenvalue weighted by atomic mass is 16.2. The summed E-state index contributed by atoms with van der Waals surface area (Å²) in [7, 11) is 0. The van der Waals surface area contributed by atoms with Gasteiger partial charge in [-0.1, -0.05) is 19.1 Å². The molecule has 1 unspecified atom stereocenters. The first-order valence-electron chi connectivity index (χ1n) is 5.32. The molecule has 3 heteroatoms. The smallest absolute Gasteiger partial charge is 0.255 e. The Hall–Kier alpha value is -1.51. The van der Waals surface area contributed by atoms with Crippen LogP contribution in [0.15, 0.2) is 24.3 Å². The number of benzene rings is 1. The molecule has 1 fully saturated rings. The van der Waals surface area contributed by atoms with Crippen molar-refractivity contribution < 1.29 is 4.79 Å². The molecule has 2 N–H and O–H groups in total. The Labute approximate surface area is 89.9 Å². The molecule has 15 heavy (non-hydrogen) atoms. The SMILES string of the molecule is CC1CCN(C(=O)c2ccccc2N)C1. The minimum absolute atomic E-state index is 0.0671. The Morgan fingerprint density at radius 2 is 2.20 bits per heavy atom. The van der Waals surface area contributed by atoms with Gasteiger partial charge in [0, 0.05) is 18.8 Å². The second-order valence-corrected chi connectivity index (χ2v) is 4.23. The molecular formula is C12H16N2O. The Kier molecular flexibility index (Phi) is 2.62. The van der Waals surface area contributed by atoms with Crippen LogP contribution in [0, 0.1) is 5.92 Å². The zero-order valence-electron chi connectivity index (χ0n) is 8.94. The van der Waals surface area contributed by atoms with Crippen molar-refractivity contribution in [2.75, 3.05) is 18.8 Å². The van der Waals surface area contributed by atoms with Gasteiger partial charge in [0.1, 0.15) is 0 Å². The van der Waals surface area contributed by atoms with E-state index in [4.69, 9.17) is 5.73 Å². The second kappa shape index (κ2) is 3.93. The van der Waals surface area contributed by atoms with E-state index in [2.05, 4.69) is 6.92 Å². The van der Waals surface area contributed by atoms with E-state index in [0.717, 1.165) is 19.5 Å². The van der Waals surface area contributed by atoms with Gasteiger partial charge in [-0.15, -0.1) is 0 Å². The third kappa shape index (κ3) is 1.96. The number of nitrogens with zero attached hydrogens (tertiary/aromatic N) is 1. The number of para-hydroxylation sites is 1. The van der Waals surface area contributed by atoms with Crippen molar-refractivity contribution >= 4 is 11.6 Å². The minimum Gasteiger partial charge on any atom is -0.398 e. The van der Waals surface area contributed by atoms with Crippen LogP contribution in [-0.2, 0) is 0 Å². The molecule has 0 spiro atoms. The number of likely N-dealkylation sites (tertiary alicyclic amines) is 1. The van der Waals surface area contributed by atoms with E-state index in [-0.39, 0.29) is 5.91 Å². The predicted molar refractivity (Wildman–Crippen MR) is 60.5 cm³/mol. The largest absolute Gasteiger partial charge is 0.398 e. The molecule has 1 amide bonds. The fourth-order valence-corrected chi connectivity index (χ4v) is 1.98. The molecule has 80 valence electrons. The van der Waals surface area contributed by atoms with Crippen molar-refractivity contribution in [1.82, 2.24) is 4.90 Å². The van der Waals surface area contributed by atoms with Gasteiger partial charge < -0.3 is 10.6 Å². The van der Waals surface area contributed by atoms with E-state index < -0.39 is 0 Å². The first-order chi connectivity index (χ1) is 7.18. The molecule has 1 aromatic carbocycles. The summed E-state index contributed by atoms with van der Waals surface area (Å²) < 4.78 is 0. The topological polar surface area (TPSA) is 46.3 Å². The predicted octanol–water partition coefficient (Wildman–Crippen LogP) is 1.75. The van der Waals surface area contributed by atoms with Gasteiger partial charge in [-0.2, -0.15) is 0 Å². The Bertz CT molecular complexity index is 376. The number of rotatable bonds is 1. The summed E-state index contributed by atoms with van der Waals surface area (Å²) in [5.74, 6) is 0.677. The van der Waals surface area contributed by atoms with Crippen LogP contribution in [0.5, 0.6) is 0 Å². The van der Waals surface area contributed by atoms with Crippen molar-refractivity contribution in [3.63, 3.8) is 0 Å². The zero-order valence-corrected chi connectivity index (χ0v) is 8.94. The van der Waals surface area contributed by atoms with Crippen molar-refractivity contribution in [3.05, 3.63) is 29.8 Å². The maximum atomic E-state index is 12.1. The van der Waals surface area contributed by atoms with Crippen LogP contribution in [0.3, 0.4) is 0 Å². The monoisotopic (exact) mass is 204 g/mol. The van der Waals surface area contributed by atoms with Gasteiger partial charge in [0.25, 0.3) is 5.91 Å². The average molecular weight is 204 g/mol. The summed E-state index contributed by atoms with van der Waals surface area (Å²) in [6, 6.07) is 7.26. The van der Waals surface area contributed by atoms with Crippen LogP contribution < -0.4 is 5.73 Å². The number of nitrogens with two attached hydrogens (primary N) is 1. The van der Waals surface area contributed by atoms with Gasteiger partial charge >= 0.3 is 0 Å². The van der Waals surface area contributed by atoms with Crippen LogP contribution in [0.4, 0.5) is 5.69 Å². The van der Waals surface area contributed by atoms with Gasteiger partial charge in [0.2, 0.25) is 0 Å². The van der Waals surface area contributed by atoms with E-state index in [1.165, 1.54) is 0 Å². The molecule has 3 nitrogen and oxygen atoms in total. The molecule has 1 saturated heterocycles. The Balaban J connectivity index is 2.18. The molecule has 2 rings (SSSR count). The number of nitrogen functional groups attached to an aromatic ring is 1. The number of amides is 1. The van der Waals surface area contributed by atoms with Gasteiger partial charge in [0.05, 0.1) is 5.56 Å². The van der Waals surface area contributed by atoms with E-state index in [1.807, 2.05) is 17.0 Å². The third-order valence-corrected chi connectivity index (χ3v) is 2.90. The van der Waals surface area contributed by atoms with E-state index in [1.54, 1.807) is 12.1 Å². The molecule has 0 saturated carbocycles. The first kappa shape index (κ1) is 10.0. The van der Waals surface area contributed by atoms with Gasteiger partial charge in [-0.25, -0.2) is 0 Å². The summed E-state index contributed by atoms with van der Waals surface area (Å²) in [6.07, 6.45) is 1.10. The summed E-state index contributed by atoms with van der Waals surface area (Å²) in [6.45, 7) is 3.88. The number of carbonyl (C=O) groups excluding carboxylic acids is 1. The van der Waals surface area contributed by atoms with Crippen LogP contribution in [-0.4, -0.2) is 23.9 Å². The summed E-state index contributed by atoms with van der Waals surface area (Å²) >= 11 is 0. The fraction of sp³-hybridized carbons (Fsp3) is 0.417. The molecule has 1 aromatic rings. The maximum absolute atomic E-state index is 12.1. The van der Waals surface area contributed by atoms with Crippen molar-refractivity contribution in [3.8, 4) is 0 Å². The highest BCUT2D eigenvalue weighted by molar-refractivity contribution is 5.99. The molecule has 1 atom stereocenters. The zero-order chi connectivity index (χ0) is 10.8. The fourth-order valence-electron chi connectivity index (χ4n) is 1.98. The lowest BCUT2D eigenvalue weighted by atomic mass is 10.1. The summed E-state index contributed by atoms with van der Waals surface area (Å²) in [4.78, 5) is 13.9. The van der Waals surface area contributed by atoms with E-state index in [0.29, 0.717) is 17.2 Å². The summed E-state index contributed by atoms with van der Waals surface area (Å²) in [5, 5.41) is 0. The molecule has 0 radical (unpaired) electrons. The summed E-state index contributed by atoms with van der Waals surface area (Å²) in [5.41, 5.74) is 6.98. The lowest BCUT2D eigenvalue weighted by Crippen LogP contribution is -2.29. The lowest BCUT2D eigenvalue weighted by Gasteiger charge is -2.16. The van der Waals surface area contributed by atoms with Gasteiger partial charge in [-0.05, 0) is 24.5 Å². The number of hydrogen-bond acceptors (Lipinski definition) is 2. The maximum Gasteiger partial charge on any atom is 0.255 e. The quantitative estimate of drug-likeness (QED) is 0.708. The highest BCUT2D eigenvalue weighted by Crippen LogP contribution is 2.20. The molecule has 0 aliphatic carbocycles. The molecule has 1 aliphatic rings. The molecule has 0 bridgehead atoms. The lowest BCUT2D eigenvalue weighted by molar-refractivity contribution is 0.0789. The molecule has 1 aliphatic heterocycles. The van der Waals surface area contributed by atoms with Crippen LogP contribution in [0.25, 0.3) is 0 Å². The van der Waals surface area contributed by atoms with E-state index in [9.17, 15) is 4.79 Å². The molecule has 0 aromatic heterocycles. The molecular weight excluding hydrogens is 188 g/mol. The standard InChI is InChI=1S/C12H16N2O/c1-9-6-7-14(8-9)12(15)10-4-2-3-5-11(10)13/h2-5,9H,6-8,13H2,1H3. The van der Waals surface area contributed by atoms with Gasteiger partial charge in [0.15, 0.2) is 0 Å².